The van der Waals surface area contributed by atoms with E-state index in [-0.39, 0.29) is 17.9 Å². The summed E-state index contributed by atoms with van der Waals surface area (Å²) in [5, 5.41) is 6.42. The van der Waals surface area contributed by atoms with Gasteiger partial charge in [-0.1, -0.05) is 30.7 Å². The lowest BCUT2D eigenvalue weighted by atomic mass is 10.0. The molecule has 1 aliphatic carbocycles. The zero-order valence-corrected chi connectivity index (χ0v) is 13.2. The third kappa shape index (κ3) is 3.76. The van der Waals surface area contributed by atoms with Crippen LogP contribution in [-0.4, -0.2) is 17.9 Å². The molecule has 1 unspecified atom stereocenters. The lowest BCUT2D eigenvalue weighted by Crippen LogP contribution is -2.45. The van der Waals surface area contributed by atoms with E-state index in [1.807, 2.05) is 26.0 Å². The Bertz CT molecular complexity index is 524. The van der Waals surface area contributed by atoms with E-state index in [0.29, 0.717) is 24.4 Å². The molecule has 21 heavy (non-hydrogen) atoms. The van der Waals surface area contributed by atoms with Crippen molar-refractivity contribution in [3.63, 3.8) is 0 Å². The molecule has 4 nitrogen and oxygen atoms in total. The summed E-state index contributed by atoms with van der Waals surface area (Å²) in [5.41, 5.74) is 0.112. The van der Waals surface area contributed by atoms with Crippen LogP contribution in [0.1, 0.15) is 38.7 Å². The number of hydrogen-bond donors (Lipinski definition) is 2. The van der Waals surface area contributed by atoms with E-state index in [2.05, 4.69) is 10.6 Å². The maximum absolute atomic E-state index is 12.3. The zero-order valence-electron chi connectivity index (χ0n) is 12.4. The molecule has 2 amide bonds. The molecule has 0 radical (unpaired) electrons. The molecule has 0 bridgehead atoms. The molecule has 1 saturated carbocycles. The number of hydrogen-bond acceptors (Lipinski definition) is 2. The number of benzene rings is 1. The molecule has 0 aliphatic heterocycles. The predicted octanol–water partition coefficient (Wildman–Crippen LogP) is 2.65. The Hall–Kier alpha value is -1.55. The molecule has 1 fully saturated rings. The summed E-state index contributed by atoms with van der Waals surface area (Å²) in [6, 6.07) is 7.39. The molecule has 0 spiro atoms. The Kier molecular flexibility index (Phi) is 4.88. The summed E-state index contributed by atoms with van der Waals surface area (Å²) in [7, 11) is 0. The molecule has 0 aromatic heterocycles. The van der Waals surface area contributed by atoms with Crippen molar-refractivity contribution >= 4 is 23.4 Å². The van der Waals surface area contributed by atoms with Crippen molar-refractivity contribution in [3.8, 4) is 0 Å². The standard InChI is InChI=1S/C16H21ClN2O2/c1-3-11(2)19-15(21)16(8-9-16)14(20)18-10-12-4-6-13(17)7-5-12/h4-7,11H,3,8-10H2,1-2H3,(H,18,20)(H,19,21). The Morgan fingerprint density at radius 2 is 1.86 bits per heavy atom. The molecule has 0 saturated heterocycles. The summed E-state index contributed by atoms with van der Waals surface area (Å²) in [4.78, 5) is 24.5. The van der Waals surface area contributed by atoms with E-state index >= 15 is 0 Å². The molecule has 0 heterocycles. The molecule has 1 aromatic carbocycles. The first-order valence-corrected chi connectivity index (χ1v) is 7.69. The van der Waals surface area contributed by atoms with Gasteiger partial charge in [0.2, 0.25) is 11.8 Å². The second-order valence-electron chi connectivity index (χ2n) is 5.67. The minimum atomic E-state index is -0.851. The maximum atomic E-state index is 12.3. The first-order valence-electron chi connectivity index (χ1n) is 7.31. The number of amides is 2. The highest BCUT2D eigenvalue weighted by atomic mass is 35.5. The van der Waals surface area contributed by atoms with Gasteiger partial charge in [0.25, 0.3) is 0 Å². The van der Waals surface area contributed by atoms with Crippen LogP contribution in [0.2, 0.25) is 5.02 Å². The van der Waals surface area contributed by atoms with E-state index in [1.54, 1.807) is 12.1 Å². The molecule has 1 atom stereocenters. The summed E-state index contributed by atoms with van der Waals surface area (Å²) in [6.07, 6.45) is 2.11. The van der Waals surface area contributed by atoms with Gasteiger partial charge in [-0.05, 0) is 43.9 Å². The Morgan fingerprint density at radius 1 is 1.24 bits per heavy atom. The van der Waals surface area contributed by atoms with Gasteiger partial charge >= 0.3 is 0 Å². The summed E-state index contributed by atoms with van der Waals surface area (Å²) >= 11 is 5.82. The van der Waals surface area contributed by atoms with Crippen LogP contribution in [0, 0.1) is 5.41 Å². The summed E-state index contributed by atoms with van der Waals surface area (Å²) in [6.45, 7) is 4.36. The van der Waals surface area contributed by atoms with Crippen LogP contribution >= 0.6 is 11.6 Å². The van der Waals surface area contributed by atoms with Gasteiger partial charge in [0, 0.05) is 17.6 Å². The van der Waals surface area contributed by atoms with Crippen molar-refractivity contribution in [1.29, 1.82) is 0 Å². The van der Waals surface area contributed by atoms with Crippen LogP contribution < -0.4 is 10.6 Å². The van der Waals surface area contributed by atoms with Crippen molar-refractivity contribution in [2.24, 2.45) is 5.41 Å². The van der Waals surface area contributed by atoms with E-state index in [0.717, 1.165) is 12.0 Å². The Balaban J connectivity index is 1.90. The minimum Gasteiger partial charge on any atom is -0.353 e. The quantitative estimate of drug-likeness (QED) is 0.794. The summed E-state index contributed by atoms with van der Waals surface area (Å²) < 4.78 is 0. The first-order chi connectivity index (χ1) is 9.98. The maximum Gasteiger partial charge on any atom is 0.235 e. The monoisotopic (exact) mass is 308 g/mol. The van der Waals surface area contributed by atoms with Crippen molar-refractivity contribution in [2.75, 3.05) is 0 Å². The van der Waals surface area contributed by atoms with Gasteiger partial charge in [-0.3, -0.25) is 9.59 Å². The molecular weight excluding hydrogens is 288 g/mol. The molecule has 1 aliphatic rings. The van der Waals surface area contributed by atoms with Gasteiger partial charge in [-0.2, -0.15) is 0 Å². The van der Waals surface area contributed by atoms with Gasteiger partial charge in [0.15, 0.2) is 0 Å². The van der Waals surface area contributed by atoms with Gasteiger partial charge in [-0.25, -0.2) is 0 Å². The molecule has 2 N–H and O–H groups in total. The fraction of sp³-hybridized carbons (Fsp3) is 0.500. The predicted molar refractivity (Wildman–Crippen MR) is 82.9 cm³/mol. The second kappa shape index (κ2) is 6.48. The summed E-state index contributed by atoms with van der Waals surface area (Å²) in [5.74, 6) is -0.330. The Labute approximate surface area is 130 Å². The topological polar surface area (TPSA) is 58.2 Å². The highest BCUT2D eigenvalue weighted by Crippen LogP contribution is 2.46. The number of halogens is 1. The average molecular weight is 309 g/mol. The van der Waals surface area contributed by atoms with Gasteiger partial charge in [-0.15, -0.1) is 0 Å². The van der Waals surface area contributed by atoms with Gasteiger partial charge < -0.3 is 10.6 Å². The largest absolute Gasteiger partial charge is 0.353 e. The zero-order chi connectivity index (χ0) is 15.5. The molecule has 1 aromatic rings. The van der Waals surface area contributed by atoms with Gasteiger partial charge in [0.05, 0.1) is 0 Å². The van der Waals surface area contributed by atoms with Crippen LogP contribution in [0.15, 0.2) is 24.3 Å². The van der Waals surface area contributed by atoms with Gasteiger partial charge in [0.1, 0.15) is 5.41 Å². The lowest BCUT2D eigenvalue weighted by molar-refractivity contribution is -0.137. The van der Waals surface area contributed by atoms with E-state index < -0.39 is 5.41 Å². The number of carbonyl (C=O) groups is 2. The fourth-order valence-corrected chi connectivity index (χ4v) is 2.23. The molecular formula is C16H21ClN2O2. The van der Waals surface area contributed by atoms with Crippen LogP contribution in [0.5, 0.6) is 0 Å². The van der Waals surface area contributed by atoms with Crippen LogP contribution in [0.25, 0.3) is 0 Å². The molecule has 2 rings (SSSR count). The normalized spacial score (nSPS) is 16.9. The van der Waals surface area contributed by atoms with Crippen molar-refractivity contribution in [1.82, 2.24) is 10.6 Å². The SMILES string of the molecule is CCC(C)NC(=O)C1(C(=O)NCc2ccc(Cl)cc2)CC1. The first kappa shape index (κ1) is 15.8. The van der Waals surface area contributed by atoms with E-state index in [1.165, 1.54) is 0 Å². The third-order valence-electron chi connectivity index (χ3n) is 3.98. The van der Waals surface area contributed by atoms with Crippen LogP contribution in [0.4, 0.5) is 0 Å². The number of nitrogens with one attached hydrogen (secondary N) is 2. The highest BCUT2D eigenvalue weighted by molar-refractivity contribution is 6.30. The Morgan fingerprint density at radius 3 is 2.38 bits per heavy atom. The van der Waals surface area contributed by atoms with Crippen molar-refractivity contribution in [3.05, 3.63) is 34.9 Å². The minimum absolute atomic E-state index is 0.0963. The fourth-order valence-electron chi connectivity index (χ4n) is 2.10. The van der Waals surface area contributed by atoms with E-state index in [4.69, 9.17) is 11.6 Å². The average Bonchev–Trinajstić information content (AvgIpc) is 3.28. The third-order valence-corrected chi connectivity index (χ3v) is 4.23. The number of carbonyl (C=O) groups excluding carboxylic acids is 2. The molecule has 114 valence electrons. The van der Waals surface area contributed by atoms with Crippen molar-refractivity contribution in [2.45, 2.75) is 45.7 Å². The van der Waals surface area contributed by atoms with E-state index in [9.17, 15) is 9.59 Å². The highest BCUT2D eigenvalue weighted by Gasteiger charge is 2.56. The molecule has 5 heteroatoms. The van der Waals surface area contributed by atoms with Crippen LogP contribution in [-0.2, 0) is 16.1 Å². The second-order valence-corrected chi connectivity index (χ2v) is 6.11. The van der Waals surface area contributed by atoms with Crippen LogP contribution in [0.3, 0.4) is 0 Å². The smallest absolute Gasteiger partial charge is 0.235 e. The van der Waals surface area contributed by atoms with Crippen molar-refractivity contribution < 1.29 is 9.59 Å². The lowest BCUT2D eigenvalue weighted by Gasteiger charge is -2.18. The number of rotatable bonds is 6.